The smallest absolute Gasteiger partial charge is 0.306 e. The Balaban J connectivity index is 1.94. The van der Waals surface area contributed by atoms with Crippen molar-refractivity contribution in [3.05, 3.63) is 65.7 Å². The quantitative estimate of drug-likeness (QED) is 0.755. The summed E-state index contributed by atoms with van der Waals surface area (Å²) in [6, 6.07) is 18.0. The summed E-state index contributed by atoms with van der Waals surface area (Å²) < 4.78 is 5.58. The van der Waals surface area contributed by atoms with Crippen LogP contribution < -0.4 is 4.90 Å². The Hall–Kier alpha value is -2.29. The lowest BCUT2D eigenvalue weighted by Crippen LogP contribution is -2.15. The predicted molar refractivity (Wildman–Crippen MR) is 90.0 cm³/mol. The second kappa shape index (κ2) is 7.64. The van der Waals surface area contributed by atoms with Gasteiger partial charge in [0.15, 0.2) is 0 Å². The summed E-state index contributed by atoms with van der Waals surface area (Å²) in [4.78, 5) is 14.1. The molecule has 0 bridgehead atoms. The summed E-state index contributed by atoms with van der Waals surface area (Å²) in [5.74, 6) is -0.162. The van der Waals surface area contributed by atoms with E-state index in [1.807, 2.05) is 80.5 Å². The SMILES string of the molecule is CC(OC(=O)CCc1ccccc1)c1ccccc1N(C)C. The first-order chi connectivity index (χ1) is 10.6. The van der Waals surface area contributed by atoms with Gasteiger partial charge in [0.1, 0.15) is 6.10 Å². The van der Waals surface area contributed by atoms with Crippen LogP contribution in [0.15, 0.2) is 54.6 Å². The van der Waals surface area contributed by atoms with E-state index in [2.05, 4.69) is 0 Å². The number of benzene rings is 2. The van der Waals surface area contributed by atoms with Crippen LogP contribution in [0, 0.1) is 0 Å². The van der Waals surface area contributed by atoms with Crippen molar-refractivity contribution in [2.45, 2.75) is 25.9 Å². The molecule has 0 heterocycles. The van der Waals surface area contributed by atoms with Gasteiger partial charge in [-0.3, -0.25) is 4.79 Å². The standard InChI is InChI=1S/C19H23NO2/c1-15(17-11-7-8-12-18(17)20(2)3)22-19(21)14-13-16-9-5-4-6-10-16/h4-12,15H,13-14H2,1-3H3. The molecule has 2 rings (SSSR count). The molecule has 1 unspecified atom stereocenters. The predicted octanol–water partition coefficient (Wildman–Crippen LogP) is 3.99. The van der Waals surface area contributed by atoms with Crippen molar-refractivity contribution < 1.29 is 9.53 Å². The molecule has 0 spiro atoms. The Bertz CT molecular complexity index is 608. The molecule has 3 heteroatoms. The van der Waals surface area contributed by atoms with Crippen molar-refractivity contribution >= 4 is 11.7 Å². The zero-order chi connectivity index (χ0) is 15.9. The van der Waals surface area contributed by atoms with Crippen LogP contribution in [-0.4, -0.2) is 20.1 Å². The van der Waals surface area contributed by atoms with E-state index < -0.39 is 0 Å². The molecule has 2 aromatic carbocycles. The molecule has 0 aliphatic carbocycles. The maximum absolute atomic E-state index is 12.0. The van der Waals surface area contributed by atoms with Crippen molar-refractivity contribution in [1.82, 2.24) is 0 Å². The van der Waals surface area contributed by atoms with Gasteiger partial charge in [0.2, 0.25) is 0 Å². The highest BCUT2D eigenvalue weighted by Gasteiger charge is 2.15. The van der Waals surface area contributed by atoms with Crippen LogP contribution in [0.4, 0.5) is 5.69 Å². The summed E-state index contributed by atoms with van der Waals surface area (Å²) >= 11 is 0. The van der Waals surface area contributed by atoms with E-state index in [4.69, 9.17) is 4.74 Å². The lowest BCUT2D eigenvalue weighted by atomic mass is 10.1. The van der Waals surface area contributed by atoms with Crippen LogP contribution in [0.1, 0.15) is 30.6 Å². The van der Waals surface area contributed by atoms with Gasteiger partial charge < -0.3 is 9.64 Å². The van der Waals surface area contributed by atoms with Crippen molar-refractivity contribution in [2.24, 2.45) is 0 Å². The number of hydrogen-bond acceptors (Lipinski definition) is 3. The number of esters is 1. The van der Waals surface area contributed by atoms with Crippen LogP contribution in [0.3, 0.4) is 0 Å². The fourth-order valence-electron chi connectivity index (χ4n) is 2.45. The van der Waals surface area contributed by atoms with Gasteiger partial charge in [-0.05, 0) is 25.0 Å². The average Bonchev–Trinajstić information content (AvgIpc) is 2.54. The van der Waals surface area contributed by atoms with Gasteiger partial charge >= 0.3 is 5.97 Å². The van der Waals surface area contributed by atoms with Crippen molar-refractivity contribution in [1.29, 1.82) is 0 Å². The molecule has 2 aromatic rings. The van der Waals surface area contributed by atoms with Crippen LogP contribution >= 0.6 is 0 Å². The third-order valence-corrected chi connectivity index (χ3v) is 3.63. The second-order valence-corrected chi connectivity index (χ2v) is 5.57. The lowest BCUT2D eigenvalue weighted by molar-refractivity contribution is -0.148. The Kier molecular flexibility index (Phi) is 5.59. The van der Waals surface area contributed by atoms with Crippen LogP contribution in [0.5, 0.6) is 0 Å². The molecule has 116 valence electrons. The number of ether oxygens (including phenoxy) is 1. The van der Waals surface area contributed by atoms with E-state index in [0.717, 1.165) is 16.8 Å². The van der Waals surface area contributed by atoms with Crippen LogP contribution in [0.25, 0.3) is 0 Å². The van der Waals surface area contributed by atoms with E-state index in [-0.39, 0.29) is 12.1 Å². The van der Waals surface area contributed by atoms with Gasteiger partial charge in [0.05, 0.1) is 0 Å². The number of anilines is 1. The number of rotatable bonds is 6. The maximum Gasteiger partial charge on any atom is 0.306 e. The molecule has 1 atom stereocenters. The molecule has 0 aliphatic rings. The normalized spacial score (nSPS) is 11.8. The minimum Gasteiger partial charge on any atom is -0.458 e. The molecular weight excluding hydrogens is 274 g/mol. The molecule has 0 N–H and O–H groups in total. The third kappa shape index (κ3) is 4.35. The van der Waals surface area contributed by atoms with E-state index in [1.54, 1.807) is 0 Å². The molecule has 0 saturated heterocycles. The van der Waals surface area contributed by atoms with E-state index in [9.17, 15) is 4.79 Å². The molecule has 0 amide bonds. The summed E-state index contributed by atoms with van der Waals surface area (Å²) in [5, 5.41) is 0. The molecule has 0 aromatic heterocycles. The maximum atomic E-state index is 12.0. The first-order valence-electron chi connectivity index (χ1n) is 7.57. The largest absolute Gasteiger partial charge is 0.458 e. The zero-order valence-electron chi connectivity index (χ0n) is 13.5. The van der Waals surface area contributed by atoms with Crippen LogP contribution in [0.2, 0.25) is 0 Å². The van der Waals surface area contributed by atoms with Gasteiger partial charge in [-0.25, -0.2) is 0 Å². The number of nitrogens with zero attached hydrogens (tertiary/aromatic N) is 1. The van der Waals surface area contributed by atoms with Gasteiger partial charge in [-0.2, -0.15) is 0 Å². The highest BCUT2D eigenvalue weighted by Crippen LogP contribution is 2.27. The highest BCUT2D eigenvalue weighted by molar-refractivity contribution is 5.70. The minimum absolute atomic E-state index is 0.162. The number of para-hydroxylation sites is 1. The summed E-state index contributed by atoms with van der Waals surface area (Å²) in [6.07, 6.45) is 0.863. The molecule has 0 saturated carbocycles. The molecule has 22 heavy (non-hydrogen) atoms. The second-order valence-electron chi connectivity index (χ2n) is 5.57. The van der Waals surface area contributed by atoms with Gasteiger partial charge in [0, 0.05) is 31.8 Å². The topological polar surface area (TPSA) is 29.5 Å². The van der Waals surface area contributed by atoms with Gasteiger partial charge in [0.25, 0.3) is 0 Å². The molecule has 0 radical (unpaired) electrons. The first-order valence-corrected chi connectivity index (χ1v) is 7.57. The zero-order valence-corrected chi connectivity index (χ0v) is 13.5. The van der Waals surface area contributed by atoms with Crippen molar-refractivity contribution in [2.75, 3.05) is 19.0 Å². The Morgan fingerprint density at radius 3 is 2.36 bits per heavy atom. The Morgan fingerprint density at radius 2 is 1.68 bits per heavy atom. The number of carbonyl (C=O) groups excluding carboxylic acids is 1. The first kappa shape index (κ1) is 16.1. The average molecular weight is 297 g/mol. The lowest BCUT2D eigenvalue weighted by Gasteiger charge is -2.21. The minimum atomic E-state index is -0.248. The fraction of sp³-hybridized carbons (Fsp3) is 0.316. The number of aryl methyl sites for hydroxylation is 1. The molecule has 3 nitrogen and oxygen atoms in total. The fourth-order valence-corrected chi connectivity index (χ4v) is 2.45. The molecule has 0 aliphatic heterocycles. The van der Waals surface area contributed by atoms with E-state index in [1.165, 1.54) is 0 Å². The summed E-state index contributed by atoms with van der Waals surface area (Å²) in [7, 11) is 3.98. The van der Waals surface area contributed by atoms with E-state index in [0.29, 0.717) is 12.8 Å². The Labute approximate surface area is 132 Å². The van der Waals surface area contributed by atoms with Gasteiger partial charge in [-0.15, -0.1) is 0 Å². The highest BCUT2D eigenvalue weighted by atomic mass is 16.5. The monoisotopic (exact) mass is 297 g/mol. The Morgan fingerprint density at radius 1 is 1.05 bits per heavy atom. The number of carbonyl (C=O) groups is 1. The van der Waals surface area contributed by atoms with Crippen LogP contribution in [-0.2, 0) is 16.0 Å². The van der Waals surface area contributed by atoms with Gasteiger partial charge in [-0.1, -0.05) is 48.5 Å². The van der Waals surface area contributed by atoms with Crippen molar-refractivity contribution in [3.8, 4) is 0 Å². The third-order valence-electron chi connectivity index (χ3n) is 3.63. The molecule has 0 fully saturated rings. The van der Waals surface area contributed by atoms with E-state index >= 15 is 0 Å². The molecular formula is C19H23NO2. The number of hydrogen-bond donors (Lipinski definition) is 0. The summed E-state index contributed by atoms with van der Waals surface area (Å²) in [6.45, 7) is 1.92. The summed E-state index contributed by atoms with van der Waals surface area (Å²) in [5.41, 5.74) is 3.26. The van der Waals surface area contributed by atoms with Crippen molar-refractivity contribution in [3.63, 3.8) is 0 Å².